The Labute approximate surface area is 165 Å². The topological polar surface area (TPSA) is 86.7 Å². The highest BCUT2D eigenvalue weighted by Crippen LogP contribution is 2.45. The summed E-state index contributed by atoms with van der Waals surface area (Å²) in [5.74, 6) is -2.42. The second-order valence-corrected chi connectivity index (χ2v) is 8.76. The molecule has 0 saturated heterocycles. The molecular formula is C23H25O5-. The van der Waals surface area contributed by atoms with Crippen LogP contribution in [0.2, 0.25) is 0 Å². The Morgan fingerprint density at radius 3 is 2.25 bits per heavy atom. The van der Waals surface area contributed by atoms with E-state index in [0.29, 0.717) is 0 Å². The molecule has 0 amide bonds. The minimum absolute atomic E-state index is 0.0505. The van der Waals surface area contributed by atoms with Gasteiger partial charge in [-0.3, -0.25) is 4.79 Å². The van der Waals surface area contributed by atoms with E-state index in [1.165, 1.54) is 17.2 Å². The molecule has 5 heteroatoms. The van der Waals surface area contributed by atoms with Crippen LogP contribution in [0, 0.1) is 0 Å². The molecule has 0 bridgehead atoms. The van der Waals surface area contributed by atoms with Crippen molar-refractivity contribution in [3.8, 4) is 11.5 Å². The predicted molar refractivity (Wildman–Crippen MR) is 104 cm³/mol. The zero-order valence-corrected chi connectivity index (χ0v) is 16.7. The number of fused-ring (bicyclic) bond motifs is 1. The van der Waals surface area contributed by atoms with Gasteiger partial charge in [0, 0.05) is 0 Å². The Bertz CT molecular complexity index is 940. The molecule has 2 aromatic rings. The lowest BCUT2D eigenvalue weighted by atomic mass is 9.63. The van der Waals surface area contributed by atoms with Crippen LogP contribution in [0.3, 0.4) is 0 Å². The van der Waals surface area contributed by atoms with E-state index in [9.17, 15) is 14.7 Å². The van der Waals surface area contributed by atoms with E-state index in [0.717, 1.165) is 30.5 Å². The third kappa shape index (κ3) is 3.88. The average molecular weight is 381 g/mol. The molecule has 2 aromatic carbocycles. The molecule has 0 heterocycles. The first kappa shape index (κ1) is 19.9. The fourth-order valence-electron chi connectivity index (χ4n) is 3.82. The highest BCUT2D eigenvalue weighted by atomic mass is 16.5. The van der Waals surface area contributed by atoms with Crippen molar-refractivity contribution in [1.29, 1.82) is 0 Å². The lowest BCUT2D eigenvalue weighted by Crippen LogP contribution is -2.34. The minimum Gasteiger partial charge on any atom is -0.872 e. The van der Waals surface area contributed by atoms with Crippen LogP contribution >= 0.6 is 0 Å². The van der Waals surface area contributed by atoms with Crippen LogP contribution in [-0.2, 0) is 22.0 Å². The maximum atomic E-state index is 12.3. The monoisotopic (exact) mass is 381 g/mol. The molecule has 1 aliphatic carbocycles. The Morgan fingerprint density at radius 1 is 1.00 bits per heavy atom. The number of carbonyl (C=O) groups is 2. The highest BCUT2D eigenvalue weighted by Gasteiger charge is 2.36. The number of carboxylic acids is 1. The number of rotatable bonds is 4. The van der Waals surface area contributed by atoms with Gasteiger partial charge < -0.3 is 14.9 Å². The average Bonchev–Trinajstić information content (AvgIpc) is 2.59. The summed E-state index contributed by atoms with van der Waals surface area (Å²) in [6.45, 7) is 8.94. The van der Waals surface area contributed by atoms with Crippen LogP contribution in [0.25, 0.3) is 0 Å². The van der Waals surface area contributed by atoms with E-state index in [1.807, 2.05) is 6.07 Å². The molecule has 148 valence electrons. The van der Waals surface area contributed by atoms with Gasteiger partial charge in [0.2, 0.25) is 0 Å². The normalized spacial score (nSPS) is 16.9. The maximum Gasteiger partial charge on any atom is 0.335 e. The van der Waals surface area contributed by atoms with Crippen molar-refractivity contribution in [2.75, 3.05) is 0 Å². The first-order valence-electron chi connectivity index (χ1n) is 9.38. The summed E-state index contributed by atoms with van der Waals surface area (Å²) < 4.78 is 5.24. The fourth-order valence-corrected chi connectivity index (χ4v) is 3.82. The summed E-state index contributed by atoms with van der Waals surface area (Å²) in [4.78, 5) is 23.2. The largest absolute Gasteiger partial charge is 0.872 e. The summed E-state index contributed by atoms with van der Waals surface area (Å²) in [6.07, 6.45) is 2.29. The minimum atomic E-state index is -1.30. The van der Waals surface area contributed by atoms with Crippen molar-refractivity contribution in [3.05, 3.63) is 58.7 Å². The molecule has 0 radical (unpaired) electrons. The summed E-state index contributed by atoms with van der Waals surface area (Å²) in [6, 6.07) is 9.65. The Balaban J connectivity index is 1.78. The van der Waals surface area contributed by atoms with E-state index in [2.05, 4.69) is 39.8 Å². The molecule has 0 aliphatic heterocycles. The second-order valence-electron chi connectivity index (χ2n) is 8.76. The first-order chi connectivity index (χ1) is 13.0. The molecule has 0 fully saturated rings. The van der Waals surface area contributed by atoms with E-state index in [1.54, 1.807) is 0 Å². The zero-order chi connectivity index (χ0) is 20.7. The molecule has 1 N–H and O–H groups in total. The third-order valence-corrected chi connectivity index (χ3v) is 5.68. The van der Waals surface area contributed by atoms with Gasteiger partial charge in [-0.25, -0.2) is 4.79 Å². The van der Waals surface area contributed by atoms with Gasteiger partial charge in [0.05, 0.1) is 12.0 Å². The molecule has 3 rings (SSSR count). The molecule has 0 unspecified atom stereocenters. The van der Waals surface area contributed by atoms with Gasteiger partial charge in [0.25, 0.3) is 0 Å². The van der Waals surface area contributed by atoms with Crippen LogP contribution in [0.5, 0.6) is 11.5 Å². The van der Waals surface area contributed by atoms with Crippen molar-refractivity contribution >= 4 is 11.9 Å². The molecule has 28 heavy (non-hydrogen) atoms. The molecule has 0 saturated carbocycles. The van der Waals surface area contributed by atoms with Gasteiger partial charge in [-0.1, -0.05) is 51.6 Å². The molecule has 0 spiro atoms. The van der Waals surface area contributed by atoms with E-state index < -0.39 is 17.7 Å². The number of carboxylic acid groups (broad SMARTS) is 1. The molecule has 0 aromatic heterocycles. The van der Waals surface area contributed by atoms with Crippen LogP contribution in [0.15, 0.2) is 36.4 Å². The van der Waals surface area contributed by atoms with E-state index >= 15 is 0 Å². The quantitative estimate of drug-likeness (QED) is 0.640. The van der Waals surface area contributed by atoms with Gasteiger partial charge in [-0.2, -0.15) is 0 Å². The molecule has 1 aliphatic rings. The van der Waals surface area contributed by atoms with Crippen LogP contribution in [-0.4, -0.2) is 17.0 Å². The molecular weight excluding hydrogens is 356 g/mol. The highest BCUT2D eigenvalue weighted by molar-refractivity contribution is 5.91. The van der Waals surface area contributed by atoms with Crippen molar-refractivity contribution in [2.24, 2.45) is 0 Å². The van der Waals surface area contributed by atoms with Crippen molar-refractivity contribution in [2.45, 2.75) is 57.8 Å². The summed E-state index contributed by atoms with van der Waals surface area (Å²) in [5, 5.41) is 20.6. The fraction of sp³-hybridized carbons (Fsp3) is 0.391. The molecule has 0 atom stereocenters. The number of hydrogen-bond donors (Lipinski definition) is 1. The van der Waals surface area contributed by atoms with Gasteiger partial charge in [-0.15, -0.1) is 0 Å². The Hall–Kier alpha value is -2.82. The van der Waals surface area contributed by atoms with Crippen molar-refractivity contribution < 1.29 is 24.5 Å². The smallest absolute Gasteiger partial charge is 0.335 e. The Morgan fingerprint density at radius 2 is 1.64 bits per heavy atom. The van der Waals surface area contributed by atoms with Gasteiger partial charge in [0.1, 0.15) is 5.75 Å². The van der Waals surface area contributed by atoms with Gasteiger partial charge >= 0.3 is 11.9 Å². The Kier molecular flexibility index (Phi) is 4.96. The van der Waals surface area contributed by atoms with Gasteiger partial charge in [0.15, 0.2) is 0 Å². The van der Waals surface area contributed by atoms with Crippen molar-refractivity contribution in [3.63, 3.8) is 0 Å². The maximum absolute atomic E-state index is 12.3. The SMILES string of the molecule is CC1(C)CCC(C)(C)c2cc(CC(=O)Oc3ccc(C(=O)O)c([O-])c3)ccc21. The first-order valence-corrected chi connectivity index (χ1v) is 9.38. The lowest BCUT2D eigenvalue weighted by Gasteiger charge is -2.42. The summed E-state index contributed by atoms with van der Waals surface area (Å²) in [5.41, 5.74) is 3.26. The van der Waals surface area contributed by atoms with E-state index in [-0.39, 0.29) is 28.6 Å². The van der Waals surface area contributed by atoms with Crippen LogP contribution in [0.1, 0.15) is 67.6 Å². The number of carbonyl (C=O) groups excluding carboxylic acids is 1. The number of benzene rings is 2. The third-order valence-electron chi connectivity index (χ3n) is 5.68. The van der Waals surface area contributed by atoms with Crippen molar-refractivity contribution in [1.82, 2.24) is 0 Å². The molecule has 5 nitrogen and oxygen atoms in total. The summed E-state index contributed by atoms with van der Waals surface area (Å²) in [7, 11) is 0. The zero-order valence-electron chi connectivity index (χ0n) is 16.7. The van der Waals surface area contributed by atoms with Crippen LogP contribution in [0.4, 0.5) is 0 Å². The van der Waals surface area contributed by atoms with E-state index in [4.69, 9.17) is 9.84 Å². The summed E-state index contributed by atoms with van der Waals surface area (Å²) >= 11 is 0. The lowest BCUT2D eigenvalue weighted by molar-refractivity contribution is -0.268. The predicted octanol–water partition coefficient (Wildman–Crippen LogP) is 3.96. The number of aromatic carboxylic acids is 1. The number of esters is 1. The number of ether oxygens (including phenoxy) is 1. The van der Waals surface area contributed by atoms with Gasteiger partial charge in [-0.05, 0) is 58.6 Å². The standard InChI is InChI=1S/C23H26O5/c1-22(2)9-10-23(3,4)18-11-14(5-8-17(18)22)12-20(25)28-15-6-7-16(21(26)27)19(24)13-15/h5-8,11,13,24H,9-10,12H2,1-4H3,(H,26,27)/p-1. The van der Waals surface area contributed by atoms with Crippen LogP contribution < -0.4 is 9.84 Å². The second kappa shape index (κ2) is 6.97. The number of hydrogen-bond acceptors (Lipinski definition) is 4.